The fourth-order valence-corrected chi connectivity index (χ4v) is 3.70. The molecule has 0 radical (unpaired) electrons. The first kappa shape index (κ1) is 20.4. The van der Waals surface area contributed by atoms with Crippen LogP contribution in [0.5, 0.6) is 0 Å². The number of likely N-dealkylation sites (tertiary alicyclic amines) is 1. The zero-order valence-electron chi connectivity index (χ0n) is 17.6. The summed E-state index contributed by atoms with van der Waals surface area (Å²) < 4.78 is 5.73. The van der Waals surface area contributed by atoms with Crippen molar-refractivity contribution in [3.63, 3.8) is 0 Å². The molecule has 3 rings (SSSR count). The Balaban J connectivity index is 1.41. The number of benzene rings is 1. The van der Waals surface area contributed by atoms with E-state index < -0.39 is 0 Å². The van der Waals surface area contributed by atoms with Gasteiger partial charge in [-0.15, -0.1) is 0 Å². The third kappa shape index (κ3) is 5.58. The van der Waals surface area contributed by atoms with Crippen molar-refractivity contribution in [2.24, 2.45) is 10.9 Å². The molecule has 0 bridgehead atoms. The van der Waals surface area contributed by atoms with E-state index in [1.54, 1.807) is 0 Å². The molecule has 1 aromatic heterocycles. The first-order chi connectivity index (χ1) is 13.5. The van der Waals surface area contributed by atoms with Gasteiger partial charge in [0.15, 0.2) is 5.96 Å². The normalized spacial score (nSPS) is 16.4. The molecule has 0 unspecified atom stereocenters. The van der Waals surface area contributed by atoms with Gasteiger partial charge in [0.1, 0.15) is 5.76 Å². The molecule has 2 heterocycles. The molecule has 0 aliphatic carbocycles. The summed E-state index contributed by atoms with van der Waals surface area (Å²) in [7, 11) is 3.94. The van der Waals surface area contributed by atoms with Crippen molar-refractivity contribution in [3.8, 4) is 0 Å². The number of hydrogen-bond donors (Lipinski definition) is 1. The van der Waals surface area contributed by atoms with Crippen molar-refractivity contribution in [1.29, 1.82) is 0 Å². The Morgan fingerprint density at radius 2 is 1.96 bits per heavy atom. The van der Waals surface area contributed by atoms with Crippen molar-refractivity contribution in [2.75, 3.05) is 33.7 Å². The largest absolute Gasteiger partial charge is 0.444 e. The monoisotopic (exact) mass is 383 g/mol. The van der Waals surface area contributed by atoms with E-state index >= 15 is 0 Å². The number of aliphatic imine (C=N–C) groups is 1. The van der Waals surface area contributed by atoms with Crippen LogP contribution in [-0.4, -0.2) is 54.5 Å². The quantitative estimate of drug-likeness (QED) is 0.613. The van der Waals surface area contributed by atoms with E-state index in [1.807, 2.05) is 27.0 Å². The van der Waals surface area contributed by atoms with E-state index in [2.05, 4.69) is 56.4 Å². The maximum atomic E-state index is 5.73. The van der Waals surface area contributed by atoms with Crippen LogP contribution in [0.15, 0.2) is 39.7 Å². The van der Waals surface area contributed by atoms with Gasteiger partial charge in [-0.2, -0.15) is 0 Å². The molecular formula is C22H33N5O. The molecule has 1 fully saturated rings. The minimum Gasteiger partial charge on any atom is -0.444 e. The number of hydrogen-bond acceptors (Lipinski definition) is 4. The van der Waals surface area contributed by atoms with Crippen LogP contribution >= 0.6 is 0 Å². The van der Waals surface area contributed by atoms with Crippen LogP contribution in [0, 0.1) is 19.8 Å². The van der Waals surface area contributed by atoms with E-state index in [-0.39, 0.29) is 0 Å². The Kier molecular flexibility index (Phi) is 7.09. The zero-order valence-corrected chi connectivity index (χ0v) is 17.6. The second-order valence-electron chi connectivity index (χ2n) is 7.74. The molecule has 0 saturated carbocycles. The number of piperidine rings is 1. The fourth-order valence-electron chi connectivity index (χ4n) is 3.70. The third-order valence-electron chi connectivity index (χ3n) is 5.52. The number of nitrogens with one attached hydrogen (secondary N) is 1. The summed E-state index contributed by atoms with van der Waals surface area (Å²) in [6.07, 6.45) is 2.37. The Hall–Kier alpha value is -2.34. The first-order valence-corrected chi connectivity index (χ1v) is 10.2. The van der Waals surface area contributed by atoms with E-state index in [0.29, 0.717) is 5.92 Å². The molecule has 1 saturated heterocycles. The molecule has 0 amide bonds. The summed E-state index contributed by atoms with van der Waals surface area (Å²) in [6, 6.07) is 10.5. The zero-order chi connectivity index (χ0) is 19.9. The van der Waals surface area contributed by atoms with Gasteiger partial charge in [0.25, 0.3) is 0 Å². The lowest BCUT2D eigenvalue weighted by Crippen LogP contribution is -2.43. The van der Waals surface area contributed by atoms with Gasteiger partial charge >= 0.3 is 0 Å². The van der Waals surface area contributed by atoms with Gasteiger partial charge < -0.3 is 14.6 Å². The Morgan fingerprint density at radius 1 is 1.25 bits per heavy atom. The third-order valence-corrected chi connectivity index (χ3v) is 5.52. The molecule has 152 valence electrons. The van der Waals surface area contributed by atoms with E-state index in [9.17, 15) is 0 Å². The lowest BCUT2D eigenvalue weighted by atomic mass is 9.97. The molecule has 1 aromatic carbocycles. The second-order valence-corrected chi connectivity index (χ2v) is 7.74. The van der Waals surface area contributed by atoms with Gasteiger partial charge in [-0.05, 0) is 51.3 Å². The minimum atomic E-state index is 0.672. The maximum Gasteiger partial charge on any atom is 0.208 e. The van der Waals surface area contributed by atoms with Crippen molar-refractivity contribution >= 4 is 5.96 Å². The van der Waals surface area contributed by atoms with E-state index in [4.69, 9.17) is 4.42 Å². The molecular weight excluding hydrogens is 350 g/mol. The number of nitrogens with zero attached hydrogens (tertiary/aromatic N) is 4. The number of aryl methyl sites for hydroxylation is 2. The SMILES string of the molecule is CN=C(NCC1CCN(Cc2nc(C)c(C)o2)CC1)N(C)Cc1ccccc1. The van der Waals surface area contributed by atoms with Crippen molar-refractivity contribution in [3.05, 3.63) is 53.2 Å². The summed E-state index contributed by atoms with van der Waals surface area (Å²) in [5.41, 5.74) is 2.29. The highest BCUT2D eigenvalue weighted by atomic mass is 16.4. The molecule has 1 N–H and O–H groups in total. The Labute approximate surface area is 168 Å². The molecule has 6 nitrogen and oxygen atoms in total. The highest BCUT2D eigenvalue weighted by Gasteiger charge is 2.21. The van der Waals surface area contributed by atoms with Gasteiger partial charge in [-0.25, -0.2) is 4.98 Å². The fraction of sp³-hybridized carbons (Fsp3) is 0.545. The van der Waals surface area contributed by atoms with Crippen LogP contribution < -0.4 is 5.32 Å². The van der Waals surface area contributed by atoms with Crippen LogP contribution in [0.2, 0.25) is 0 Å². The molecule has 28 heavy (non-hydrogen) atoms. The summed E-state index contributed by atoms with van der Waals surface area (Å²) >= 11 is 0. The van der Waals surface area contributed by atoms with Gasteiger partial charge in [0, 0.05) is 27.2 Å². The lowest BCUT2D eigenvalue weighted by molar-refractivity contribution is 0.163. The number of guanidine groups is 1. The highest BCUT2D eigenvalue weighted by molar-refractivity contribution is 5.79. The number of aromatic nitrogens is 1. The first-order valence-electron chi connectivity index (χ1n) is 10.2. The van der Waals surface area contributed by atoms with Crippen molar-refractivity contribution in [2.45, 2.75) is 39.8 Å². The summed E-state index contributed by atoms with van der Waals surface area (Å²) in [5.74, 6) is 3.40. The number of rotatable bonds is 6. The van der Waals surface area contributed by atoms with Crippen LogP contribution in [0.3, 0.4) is 0 Å². The maximum absolute atomic E-state index is 5.73. The minimum absolute atomic E-state index is 0.672. The van der Waals surface area contributed by atoms with Gasteiger partial charge in [-0.3, -0.25) is 9.89 Å². The molecule has 1 aliphatic rings. The van der Waals surface area contributed by atoms with Crippen LogP contribution in [0.1, 0.15) is 35.7 Å². The van der Waals surface area contributed by atoms with Gasteiger partial charge in [0.05, 0.1) is 12.2 Å². The van der Waals surface area contributed by atoms with Gasteiger partial charge in [-0.1, -0.05) is 30.3 Å². The molecule has 2 aromatic rings. The molecule has 6 heteroatoms. The summed E-state index contributed by atoms with van der Waals surface area (Å²) in [6.45, 7) is 8.80. The summed E-state index contributed by atoms with van der Waals surface area (Å²) in [4.78, 5) is 13.6. The highest BCUT2D eigenvalue weighted by Crippen LogP contribution is 2.19. The Morgan fingerprint density at radius 3 is 2.57 bits per heavy atom. The predicted molar refractivity (Wildman–Crippen MR) is 113 cm³/mol. The lowest BCUT2D eigenvalue weighted by Gasteiger charge is -2.32. The summed E-state index contributed by atoms with van der Waals surface area (Å²) in [5, 5.41) is 3.56. The number of oxazole rings is 1. The smallest absolute Gasteiger partial charge is 0.208 e. The van der Waals surface area contributed by atoms with Crippen molar-refractivity contribution < 1.29 is 4.42 Å². The van der Waals surface area contributed by atoms with E-state index in [1.165, 1.54) is 18.4 Å². The topological polar surface area (TPSA) is 56.9 Å². The van der Waals surface area contributed by atoms with Crippen LogP contribution in [-0.2, 0) is 13.1 Å². The molecule has 1 aliphatic heterocycles. The molecule has 0 spiro atoms. The predicted octanol–water partition coefficient (Wildman–Crippen LogP) is 3.21. The average molecular weight is 384 g/mol. The Bertz CT molecular complexity index is 743. The van der Waals surface area contributed by atoms with Gasteiger partial charge in [0.2, 0.25) is 5.89 Å². The van der Waals surface area contributed by atoms with Crippen molar-refractivity contribution in [1.82, 2.24) is 20.1 Å². The molecule has 0 atom stereocenters. The van der Waals surface area contributed by atoms with E-state index in [0.717, 1.165) is 56.0 Å². The van der Waals surface area contributed by atoms with Crippen LogP contribution in [0.25, 0.3) is 0 Å². The average Bonchev–Trinajstić information content (AvgIpc) is 3.01. The van der Waals surface area contributed by atoms with Crippen LogP contribution in [0.4, 0.5) is 0 Å². The second kappa shape index (κ2) is 9.73. The standard InChI is InChI=1S/C22H33N5O/c1-17-18(2)28-21(25-17)16-27-12-10-19(11-13-27)14-24-22(23-3)26(4)15-20-8-6-5-7-9-20/h5-9,19H,10-16H2,1-4H3,(H,23,24).